The van der Waals surface area contributed by atoms with E-state index >= 15 is 0 Å². The first-order valence-corrected chi connectivity index (χ1v) is 7.18. The summed E-state index contributed by atoms with van der Waals surface area (Å²) in [6.07, 6.45) is 0. The SMILES string of the molecule is Cc1cc(C(=O)NCc2ccc(Cl)cc2)c2c(C)noc2n1. The van der Waals surface area contributed by atoms with Crippen LogP contribution in [0.4, 0.5) is 0 Å². The number of aryl methyl sites for hydroxylation is 2. The zero-order chi connectivity index (χ0) is 15.7. The van der Waals surface area contributed by atoms with Crippen LogP contribution in [-0.4, -0.2) is 16.0 Å². The third kappa shape index (κ3) is 2.80. The van der Waals surface area contributed by atoms with E-state index in [1.807, 2.05) is 19.1 Å². The van der Waals surface area contributed by atoms with E-state index < -0.39 is 0 Å². The Kier molecular flexibility index (Phi) is 3.81. The van der Waals surface area contributed by atoms with Gasteiger partial charge < -0.3 is 9.84 Å². The highest BCUT2D eigenvalue weighted by Gasteiger charge is 2.17. The molecule has 0 aliphatic carbocycles. The summed E-state index contributed by atoms with van der Waals surface area (Å²) >= 11 is 5.85. The molecule has 0 spiro atoms. The monoisotopic (exact) mass is 315 g/mol. The second kappa shape index (κ2) is 5.77. The van der Waals surface area contributed by atoms with E-state index in [4.69, 9.17) is 16.1 Å². The van der Waals surface area contributed by atoms with Crippen LogP contribution >= 0.6 is 11.6 Å². The Morgan fingerprint density at radius 3 is 2.73 bits per heavy atom. The molecule has 0 aliphatic rings. The molecule has 3 aromatic rings. The Bertz CT molecular complexity index is 840. The van der Waals surface area contributed by atoms with E-state index in [0.29, 0.717) is 39.6 Å². The zero-order valence-corrected chi connectivity index (χ0v) is 12.9. The minimum Gasteiger partial charge on any atom is -0.348 e. The normalized spacial score (nSPS) is 10.9. The number of aromatic nitrogens is 2. The second-order valence-corrected chi connectivity index (χ2v) is 5.50. The molecule has 0 saturated heterocycles. The van der Waals surface area contributed by atoms with Crippen molar-refractivity contribution in [1.29, 1.82) is 0 Å². The van der Waals surface area contributed by atoms with E-state index in [-0.39, 0.29) is 5.91 Å². The van der Waals surface area contributed by atoms with E-state index in [1.54, 1.807) is 25.1 Å². The van der Waals surface area contributed by atoms with Crippen LogP contribution in [-0.2, 0) is 6.54 Å². The summed E-state index contributed by atoms with van der Waals surface area (Å²) in [5.41, 5.74) is 3.24. The molecule has 0 unspecified atom stereocenters. The lowest BCUT2D eigenvalue weighted by Gasteiger charge is -2.07. The quantitative estimate of drug-likeness (QED) is 0.804. The van der Waals surface area contributed by atoms with Crippen LogP contribution in [0.2, 0.25) is 5.02 Å². The van der Waals surface area contributed by atoms with Gasteiger partial charge in [0.2, 0.25) is 0 Å². The van der Waals surface area contributed by atoms with E-state index in [2.05, 4.69) is 15.5 Å². The minimum absolute atomic E-state index is 0.184. The van der Waals surface area contributed by atoms with Gasteiger partial charge in [0.25, 0.3) is 11.6 Å². The van der Waals surface area contributed by atoms with Crippen molar-refractivity contribution < 1.29 is 9.32 Å². The van der Waals surface area contributed by atoms with E-state index in [9.17, 15) is 4.79 Å². The standard InChI is InChI=1S/C16H14ClN3O2/c1-9-7-13(14-10(2)20-22-16(14)19-9)15(21)18-8-11-3-5-12(17)6-4-11/h3-7H,8H2,1-2H3,(H,18,21). The highest BCUT2D eigenvalue weighted by Crippen LogP contribution is 2.21. The Morgan fingerprint density at radius 1 is 1.27 bits per heavy atom. The number of carbonyl (C=O) groups is 1. The van der Waals surface area contributed by atoms with Gasteiger partial charge >= 0.3 is 0 Å². The number of hydrogen-bond donors (Lipinski definition) is 1. The molecule has 2 heterocycles. The van der Waals surface area contributed by atoms with Crippen molar-refractivity contribution in [1.82, 2.24) is 15.5 Å². The third-order valence-corrected chi connectivity index (χ3v) is 3.61. The van der Waals surface area contributed by atoms with Crippen molar-refractivity contribution in [3.63, 3.8) is 0 Å². The van der Waals surface area contributed by atoms with Crippen LogP contribution in [0.25, 0.3) is 11.1 Å². The number of carbonyl (C=O) groups excluding carboxylic acids is 1. The summed E-state index contributed by atoms with van der Waals surface area (Å²) in [5.74, 6) is -0.184. The average molecular weight is 316 g/mol. The molecule has 6 heteroatoms. The summed E-state index contributed by atoms with van der Waals surface area (Å²) < 4.78 is 5.14. The van der Waals surface area contributed by atoms with Crippen molar-refractivity contribution in [2.45, 2.75) is 20.4 Å². The number of benzene rings is 1. The Labute approximate surface area is 132 Å². The molecular formula is C16H14ClN3O2. The fourth-order valence-electron chi connectivity index (χ4n) is 2.28. The summed E-state index contributed by atoms with van der Waals surface area (Å²) in [4.78, 5) is 16.7. The van der Waals surface area contributed by atoms with Crippen LogP contribution in [0, 0.1) is 13.8 Å². The van der Waals surface area contributed by atoms with Crippen molar-refractivity contribution in [2.24, 2.45) is 0 Å². The van der Waals surface area contributed by atoms with Gasteiger partial charge in [0.1, 0.15) is 0 Å². The Morgan fingerprint density at radius 2 is 2.00 bits per heavy atom. The Hall–Kier alpha value is -2.40. The average Bonchev–Trinajstić information content (AvgIpc) is 2.86. The first kappa shape index (κ1) is 14.5. The number of halogens is 1. The summed E-state index contributed by atoms with van der Waals surface area (Å²) in [7, 11) is 0. The zero-order valence-electron chi connectivity index (χ0n) is 12.2. The highest BCUT2D eigenvalue weighted by molar-refractivity contribution is 6.30. The van der Waals surface area contributed by atoms with Crippen molar-refractivity contribution >= 4 is 28.6 Å². The molecule has 0 bridgehead atoms. The van der Waals surface area contributed by atoms with Gasteiger partial charge in [-0.2, -0.15) is 0 Å². The predicted octanol–water partition coefficient (Wildman–Crippen LogP) is 3.42. The van der Waals surface area contributed by atoms with Gasteiger partial charge in [0.15, 0.2) is 0 Å². The number of hydrogen-bond acceptors (Lipinski definition) is 4. The molecule has 22 heavy (non-hydrogen) atoms. The number of amides is 1. The van der Waals surface area contributed by atoms with Crippen LogP contribution < -0.4 is 5.32 Å². The van der Waals surface area contributed by atoms with Gasteiger partial charge in [-0.15, -0.1) is 0 Å². The van der Waals surface area contributed by atoms with Gasteiger partial charge in [-0.25, -0.2) is 4.98 Å². The molecule has 0 radical (unpaired) electrons. The van der Waals surface area contributed by atoms with Crippen molar-refractivity contribution in [3.05, 3.63) is 57.9 Å². The highest BCUT2D eigenvalue weighted by atomic mass is 35.5. The molecule has 0 atom stereocenters. The van der Waals surface area contributed by atoms with E-state index in [0.717, 1.165) is 5.56 Å². The molecule has 5 nitrogen and oxygen atoms in total. The molecule has 0 aliphatic heterocycles. The largest absolute Gasteiger partial charge is 0.348 e. The first-order valence-electron chi connectivity index (χ1n) is 6.81. The van der Waals surface area contributed by atoms with Gasteiger partial charge in [0.05, 0.1) is 16.6 Å². The summed E-state index contributed by atoms with van der Waals surface area (Å²) in [6.45, 7) is 4.02. The molecule has 3 rings (SSSR count). The van der Waals surface area contributed by atoms with Crippen LogP contribution in [0.1, 0.15) is 27.3 Å². The maximum absolute atomic E-state index is 12.5. The van der Waals surface area contributed by atoms with Gasteiger partial charge in [-0.1, -0.05) is 28.9 Å². The van der Waals surface area contributed by atoms with Crippen molar-refractivity contribution in [2.75, 3.05) is 0 Å². The molecule has 0 fully saturated rings. The third-order valence-electron chi connectivity index (χ3n) is 3.36. The lowest BCUT2D eigenvalue weighted by Crippen LogP contribution is -2.23. The molecular weight excluding hydrogens is 302 g/mol. The number of pyridine rings is 1. The second-order valence-electron chi connectivity index (χ2n) is 5.07. The number of rotatable bonds is 3. The maximum atomic E-state index is 12.5. The number of nitrogens with zero attached hydrogens (tertiary/aromatic N) is 2. The van der Waals surface area contributed by atoms with Gasteiger partial charge in [-0.05, 0) is 37.6 Å². The lowest BCUT2D eigenvalue weighted by atomic mass is 10.1. The lowest BCUT2D eigenvalue weighted by molar-refractivity contribution is 0.0952. The maximum Gasteiger partial charge on any atom is 0.258 e. The van der Waals surface area contributed by atoms with Crippen LogP contribution in [0.3, 0.4) is 0 Å². The van der Waals surface area contributed by atoms with Gasteiger partial charge in [-0.3, -0.25) is 4.79 Å². The molecule has 1 amide bonds. The Balaban J connectivity index is 1.86. The molecule has 2 aromatic heterocycles. The fraction of sp³-hybridized carbons (Fsp3) is 0.188. The van der Waals surface area contributed by atoms with Crippen LogP contribution in [0.15, 0.2) is 34.9 Å². The fourth-order valence-corrected chi connectivity index (χ4v) is 2.40. The first-order chi connectivity index (χ1) is 10.5. The predicted molar refractivity (Wildman–Crippen MR) is 83.9 cm³/mol. The number of fused-ring (bicyclic) bond motifs is 1. The number of nitrogens with one attached hydrogen (secondary N) is 1. The van der Waals surface area contributed by atoms with Gasteiger partial charge in [0, 0.05) is 17.3 Å². The summed E-state index contributed by atoms with van der Waals surface area (Å²) in [6, 6.07) is 9.08. The summed E-state index contributed by atoms with van der Waals surface area (Å²) in [5, 5.41) is 8.09. The van der Waals surface area contributed by atoms with Crippen LogP contribution in [0.5, 0.6) is 0 Å². The molecule has 112 valence electrons. The van der Waals surface area contributed by atoms with E-state index in [1.165, 1.54) is 0 Å². The van der Waals surface area contributed by atoms with Crippen molar-refractivity contribution in [3.8, 4) is 0 Å². The molecule has 0 saturated carbocycles. The smallest absolute Gasteiger partial charge is 0.258 e. The minimum atomic E-state index is -0.184. The molecule has 1 aromatic carbocycles. The molecule has 1 N–H and O–H groups in total. The topological polar surface area (TPSA) is 68.0 Å².